The van der Waals surface area contributed by atoms with E-state index >= 15 is 0 Å². The number of rotatable bonds is 0. The van der Waals surface area contributed by atoms with Crippen molar-refractivity contribution < 1.29 is 18.2 Å². The first-order valence-electron chi connectivity index (χ1n) is 5.37. The fourth-order valence-corrected chi connectivity index (χ4v) is 10.1. The first-order valence-corrected chi connectivity index (χ1v) is 8.87. The Kier molecular flexibility index (Phi) is 10.9. The minimum absolute atomic E-state index is 0. The second-order valence-corrected chi connectivity index (χ2v) is 12.4. The summed E-state index contributed by atoms with van der Waals surface area (Å²) in [6.45, 7) is 21.6. The van der Waals surface area contributed by atoms with Crippen LogP contribution in [0, 0.1) is 7.43 Å². The maximum absolute atomic E-state index is 4.49. The van der Waals surface area contributed by atoms with E-state index < -0.39 is 7.92 Å². The summed E-state index contributed by atoms with van der Waals surface area (Å²) in [5.41, 5.74) is 0. The summed E-state index contributed by atoms with van der Waals surface area (Å²) in [6, 6.07) is 0. The van der Waals surface area contributed by atoms with Crippen LogP contribution in [0.3, 0.4) is 0 Å². The summed E-state index contributed by atoms with van der Waals surface area (Å²) in [7, 11) is 4.10. The van der Waals surface area contributed by atoms with Gasteiger partial charge in [-0.05, 0) is 62.3 Å². The predicted molar refractivity (Wildman–Crippen MR) is 79.8 cm³/mol. The molecule has 0 aliphatic heterocycles. The molecule has 0 atom stereocenters. The van der Waals surface area contributed by atoms with Crippen LogP contribution < -0.4 is 0 Å². The Morgan fingerprint density at radius 1 is 0.625 bits per heavy atom. The molecule has 3 heteroatoms. The molecule has 0 spiro atoms. The molecule has 16 heavy (non-hydrogen) atoms. The molecule has 0 aromatic carbocycles. The van der Waals surface area contributed by atoms with E-state index in [1.165, 1.54) is 0 Å². The molecule has 0 fully saturated rings. The first kappa shape index (κ1) is 22.6. The molecule has 0 nitrogen and oxygen atoms in total. The van der Waals surface area contributed by atoms with Crippen molar-refractivity contribution in [2.45, 2.75) is 77.8 Å². The zero-order chi connectivity index (χ0) is 13.1. The molecular weight excluding hydrogens is 329 g/mol. The Balaban J connectivity index is -0.000000529. The summed E-state index contributed by atoms with van der Waals surface area (Å²) >= 11 is 2.22. The van der Waals surface area contributed by atoms with Crippen molar-refractivity contribution in [3.05, 3.63) is 7.43 Å². The SMILES string of the molecule is CC(C)(C)[PH+](C(C)(C)C)C(C)(C)C.[CH3-].[Cl][Pd+]. The third kappa shape index (κ3) is 8.47. The van der Waals surface area contributed by atoms with Crippen molar-refractivity contribution in [1.82, 2.24) is 0 Å². The third-order valence-electron chi connectivity index (χ3n) is 2.25. The monoisotopic (exact) mass is 359 g/mol. The first-order chi connectivity index (χ1) is 6.37. The van der Waals surface area contributed by atoms with Crippen molar-refractivity contribution in [3.8, 4) is 0 Å². The normalized spacial score (nSPS) is 12.8. The van der Waals surface area contributed by atoms with Crippen molar-refractivity contribution in [2.75, 3.05) is 0 Å². The van der Waals surface area contributed by atoms with E-state index in [0.29, 0.717) is 15.5 Å². The molecule has 0 N–H and O–H groups in total. The molecule has 0 radical (unpaired) electrons. The van der Waals surface area contributed by atoms with Gasteiger partial charge in [0.2, 0.25) is 0 Å². The zero-order valence-corrected chi connectivity index (χ0v) is 16.0. The van der Waals surface area contributed by atoms with E-state index in [1.54, 1.807) is 0 Å². The zero-order valence-electron chi connectivity index (χ0n) is 12.7. The molecular formula is C13H31ClPPd+. The van der Waals surface area contributed by atoms with Crippen LogP contribution in [0.15, 0.2) is 0 Å². The molecule has 104 valence electrons. The van der Waals surface area contributed by atoms with E-state index in [-0.39, 0.29) is 7.43 Å². The Bertz CT molecular complexity index is 139. The molecule has 0 rings (SSSR count). The fourth-order valence-electron chi connectivity index (χ4n) is 3.38. The van der Waals surface area contributed by atoms with Gasteiger partial charge in [0, 0.05) is 7.92 Å². The van der Waals surface area contributed by atoms with E-state index in [1.807, 2.05) is 0 Å². The number of hydrogen-bond donors (Lipinski definition) is 0. The van der Waals surface area contributed by atoms with Crippen LogP contribution in [0.4, 0.5) is 0 Å². The maximum atomic E-state index is 4.49. The van der Waals surface area contributed by atoms with E-state index in [4.69, 9.17) is 0 Å². The molecule has 0 saturated carbocycles. The van der Waals surface area contributed by atoms with Gasteiger partial charge in [-0.1, -0.05) is 0 Å². The van der Waals surface area contributed by atoms with Gasteiger partial charge in [0.15, 0.2) is 0 Å². The quantitative estimate of drug-likeness (QED) is 0.294. The number of halogens is 1. The summed E-state index contributed by atoms with van der Waals surface area (Å²) in [5.74, 6) is 0. The second-order valence-electron chi connectivity index (χ2n) is 7.12. The van der Waals surface area contributed by atoms with Crippen molar-refractivity contribution >= 4 is 17.5 Å². The summed E-state index contributed by atoms with van der Waals surface area (Å²) in [5, 5.41) is 1.46. The van der Waals surface area contributed by atoms with Crippen molar-refractivity contribution in [2.24, 2.45) is 0 Å². The van der Waals surface area contributed by atoms with Crippen LogP contribution in [-0.2, 0) is 18.2 Å². The average Bonchev–Trinajstić information content (AvgIpc) is 1.79. The van der Waals surface area contributed by atoms with Gasteiger partial charge in [0.25, 0.3) is 0 Å². The van der Waals surface area contributed by atoms with Crippen LogP contribution in [0.5, 0.6) is 0 Å². The molecule has 0 saturated heterocycles. The van der Waals surface area contributed by atoms with Crippen LogP contribution in [0.25, 0.3) is 0 Å². The van der Waals surface area contributed by atoms with Crippen LogP contribution in [0.1, 0.15) is 62.3 Å². The van der Waals surface area contributed by atoms with Gasteiger partial charge in [-0.25, -0.2) is 0 Å². The van der Waals surface area contributed by atoms with Gasteiger partial charge in [-0.3, -0.25) is 0 Å². The third-order valence-corrected chi connectivity index (χ3v) is 6.75. The van der Waals surface area contributed by atoms with Gasteiger partial charge >= 0.3 is 27.7 Å². The molecule has 0 heterocycles. The summed E-state index contributed by atoms with van der Waals surface area (Å²) < 4.78 is 0. The van der Waals surface area contributed by atoms with E-state index in [0.717, 1.165) is 0 Å². The van der Waals surface area contributed by atoms with Crippen LogP contribution in [0.2, 0.25) is 0 Å². The molecule has 0 aromatic heterocycles. The minimum atomic E-state index is -0.391. The van der Waals surface area contributed by atoms with Gasteiger partial charge in [-0.15, -0.1) is 0 Å². The summed E-state index contributed by atoms with van der Waals surface area (Å²) in [4.78, 5) is 0. The van der Waals surface area contributed by atoms with Crippen molar-refractivity contribution in [3.63, 3.8) is 0 Å². The topological polar surface area (TPSA) is 0 Å². The molecule has 0 bridgehead atoms. The predicted octanol–water partition coefficient (Wildman–Crippen LogP) is 5.73. The van der Waals surface area contributed by atoms with Crippen molar-refractivity contribution in [1.29, 1.82) is 0 Å². The Labute approximate surface area is 120 Å². The average molecular weight is 360 g/mol. The molecule has 0 amide bonds. The van der Waals surface area contributed by atoms with Gasteiger partial charge in [0.1, 0.15) is 0 Å². The van der Waals surface area contributed by atoms with Gasteiger partial charge in [-0.2, -0.15) is 0 Å². The van der Waals surface area contributed by atoms with Gasteiger partial charge < -0.3 is 7.43 Å². The van der Waals surface area contributed by atoms with Crippen LogP contribution >= 0.6 is 17.5 Å². The Morgan fingerprint density at radius 2 is 0.750 bits per heavy atom. The molecule has 0 unspecified atom stereocenters. The van der Waals surface area contributed by atoms with Gasteiger partial charge in [0.05, 0.1) is 15.5 Å². The van der Waals surface area contributed by atoms with Crippen LogP contribution in [-0.4, -0.2) is 15.5 Å². The number of hydrogen-bond acceptors (Lipinski definition) is 0. The molecule has 0 aliphatic carbocycles. The molecule has 0 aromatic rings. The standard InChI is InChI=1S/C12H27P.CH3.ClH.Pd/c1-10(2,3)13(11(4,5)6)12(7,8)9;;;/h1-9H3;1H3;1H;/q;-1;;+2. The summed E-state index contributed by atoms with van der Waals surface area (Å²) in [6.07, 6.45) is 0. The molecule has 0 aliphatic rings. The Morgan fingerprint density at radius 3 is 0.750 bits per heavy atom. The van der Waals surface area contributed by atoms with E-state index in [9.17, 15) is 0 Å². The second kappa shape index (κ2) is 7.74. The Hall–Kier alpha value is 1.38. The van der Waals surface area contributed by atoms with E-state index in [2.05, 4.69) is 90.0 Å². The fraction of sp³-hybridized carbons (Fsp3) is 0.923.